The maximum atomic E-state index is 14.0. The number of urea groups is 1. The number of carbonyl (C=O) groups is 2. The highest BCUT2D eigenvalue weighted by Crippen LogP contribution is 2.33. The van der Waals surface area contributed by atoms with Crippen molar-refractivity contribution >= 4 is 11.9 Å². The Bertz CT molecular complexity index is 784. The van der Waals surface area contributed by atoms with E-state index in [4.69, 9.17) is 0 Å². The van der Waals surface area contributed by atoms with Crippen LogP contribution in [0.1, 0.15) is 18.1 Å². The fraction of sp³-hybridized carbons (Fsp3) is 0.267. The van der Waals surface area contributed by atoms with E-state index in [2.05, 4.69) is 10.4 Å². The number of benzene rings is 1. The molecular formula is C15H14F2N4O2. The lowest BCUT2D eigenvalue weighted by Gasteiger charge is -2.23. The number of rotatable bonds is 3. The van der Waals surface area contributed by atoms with Crippen molar-refractivity contribution in [2.45, 2.75) is 19.0 Å². The lowest BCUT2D eigenvalue weighted by molar-refractivity contribution is -0.131. The molecule has 120 valence electrons. The van der Waals surface area contributed by atoms with Crippen molar-refractivity contribution in [2.75, 3.05) is 0 Å². The Balaban J connectivity index is 1.97. The van der Waals surface area contributed by atoms with Crippen molar-refractivity contribution in [3.63, 3.8) is 0 Å². The molecule has 1 aromatic heterocycles. The second-order valence-electron chi connectivity index (χ2n) is 5.57. The van der Waals surface area contributed by atoms with Gasteiger partial charge in [-0.1, -0.05) is 6.07 Å². The largest absolute Gasteiger partial charge is 0.325 e. The molecule has 0 radical (unpaired) electrons. The van der Waals surface area contributed by atoms with Crippen LogP contribution in [0, 0.1) is 11.6 Å². The fourth-order valence-electron chi connectivity index (χ4n) is 2.72. The molecule has 0 aliphatic carbocycles. The molecule has 6 nitrogen and oxygen atoms in total. The molecule has 1 aliphatic rings. The van der Waals surface area contributed by atoms with Gasteiger partial charge in [0.25, 0.3) is 5.91 Å². The van der Waals surface area contributed by atoms with E-state index < -0.39 is 34.7 Å². The molecule has 1 fully saturated rings. The zero-order valence-electron chi connectivity index (χ0n) is 12.5. The van der Waals surface area contributed by atoms with E-state index in [0.29, 0.717) is 5.56 Å². The van der Waals surface area contributed by atoms with Crippen molar-refractivity contribution < 1.29 is 18.4 Å². The van der Waals surface area contributed by atoms with Gasteiger partial charge in [0.15, 0.2) is 0 Å². The summed E-state index contributed by atoms with van der Waals surface area (Å²) in [4.78, 5) is 25.7. The Morgan fingerprint density at radius 3 is 2.48 bits per heavy atom. The van der Waals surface area contributed by atoms with Crippen LogP contribution in [0.5, 0.6) is 0 Å². The minimum Gasteiger partial charge on any atom is -0.319 e. The molecule has 1 unspecified atom stereocenters. The normalized spacial score (nSPS) is 21.0. The Morgan fingerprint density at radius 1 is 1.26 bits per heavy atom. The van der Waals surface area contributed by atoms with Crippen LogP contribution in [0.2, 0.25) is 0 Å². The molecular weight excluding hydrogens is 306 g/mol. The highest BCUT2D eigenvalue weighted by atomic mass is 19.1. The van der Waals surface area contributed by atoms with Gasteiger partial charge in [0.1, 0.15) is 17.2 Å². The molecule has 8 heteroatoms. The zero-order chi connectivity index (χ0) is 16.8. The quantitative estimate of drug-likeness (QED) is 0.875. The highest BCUT2D eigenvalue weighted by molar-refractivity contribution is 6.07. The summed E-state index contributed by atoms with van der Waals surface area (Å²) < 4.78 is 29.6. The van der Waals surface area contributed by atoms with Crippen molar-refractivity contribution in [2.24, 2.45) is 7.05 Å². The maximum absolute atomic E-state index is 14.0. The molecule has 1 saturated heterocycles. The minimum atomic E-state index is -1.78. The van der Waals surface area contributed by atoms with Crippen LogP contribution in [0.15, 0.2) is 30.6 Å². The first-order valence-corrected chi connectivity index (χ1v) is 6.89. The second-order valence-corrected chi connectivity index (χ2v) is 5.57. The summed E-state index contributed by atoms with van der Waals surface area (Å²) >= 11 is 0. The van der Waals surface area contributed by atoms with Gasteiger partial charge in [-0.3, -0.25) is 14.4 Å². The SMILES string of the molecule is Cn1cc(CN2C(=O)NC(C)(c3c(F)cccc3F)C2=O)cn1. The van der Waals surface area contributed by atoms with Crippen molar-refractivity contribution in [3.05, 3.63) is 53.4 Å². The number of imide groups is 1. The van der Waals surface area contributed by atoms with Gasteiger partial charge in [-0.15, -0.1) is 0 Å². The first kappa shape index (κ1) is 15.1. The maximum Gasteiger partial charge on any atom is 0.325 e. The Kier molecular flexibility index (Phi) is 3.39. The number of hydrogen-bond acceptors (Lipinski definition) is 3. The average molecular weight is 320 g/mol. The van der Waals surface area contributed by atoms with E-state index in [9.17, 15) is 18.4 Å². The van der Waals surface area contributed by atoms with E-state index in [1.54, 1.807) is 13.2 Å². The molecule has 23 heavy (non-hydrogen) atoms. The monoisotopic (exact) mass is 320 g/mol. The van der Waals surface area contributed by atoms with E-state index >= 15 is 0 Å². The van der Waals surface area contributed by atoms with Crippen LogP contribution >= 0.6 is 0 Å². The lowest BCUT2D eigenvalue weighted by Crippen LogP contribution is -2.42. The van der Waals surface area contributed by atoms with Gasteiger partial charge >= 0.3 is 6.03 Å². The molecule has 1 N–H and O–H groups in total. The summed E-state index contributed by atoms with van der Waals surface area (Å²) in [6.07, 6.45) is 3.17. The van der Waals surface area contributed by atoms with Crippen LogP contribution in [0.4, 0.5) is 13.6 Å². The van der Waals surface area contributed by atoms with Crippen molar-refractivity contribution in [1.82, 2.24) is 20.0 Å². The second kappa shape index (κ2) is 5.15. The number of nitrogens with one attached hydrogen (secondary N) is 1. The molecule has 2 heterocycles. The lowest BCUT2D eigenvalue weighted by atomic mass is 9.91. The fourth-order valence-corrected chi connectivity index (χ4v) is 2.72. The first-order valence-electron chi connectivity index (χ1n) is 6.89. The predicted octanol–water partition coefficient (Wildman–Crippen LogP) is 1.67. The summed E-state index contributed by atoms with van der Waals surface area (Å²) in [5.74, 6) is -2.48. The number of hydrogen-bond donors (Lipinski definition) is 1. The Labute approximate surface area is 130 Å². The first-order chi connectivity index (χ1) is 10.8. The molecule has 0 bridgehead atoms. The van der Waals surface area contributed by atoms with Crippen LogP contribution in [0.3, 0.4) is 0 Å². The summed E-state index contributed by atoms with van der Waals surface area (Å²) in [6, 6.07) is 2.59. The van der Waals surface area contributed by atoms with Crippen LogP contribution < -0.4 is 5.32 Å². The third kappa shape index (κ3) is 2.36. The van der Waals surface area contributed by atoms with Gasteiger partial charge in [0, 0.05) is 18.8 Å². The molecule has 0 spiro atoms. The predicted molar refractivity (Wildman–Crippen MR) is 76.0 cm³/mol. The smallest absolute Gasteiger partial charge is 0.319 e. The van der Waals surface area contributed by atoms with Gasteiger partial charge < -0.3 is 5.32 Å². The average Bonchev–Trinajstić information content (AvgIpc) is 2.96. The molecule has 3 amide bonds. The van der Waals surface area contributed by atoms with Crippen LogP contribution in [-0.4, -0.2) is 26.6 Å². The summed E-state index contributed by atoms with van der Waals surface area (Å²) in [6.45, 7) is 1.27. The highest BCUT2D eigenvalue weighted by Gasteiger charge is 2.51. The Morgan fingerprint density at radius 2 is 1.91 bits per heavy atom. The molecule has 1 aromatic carbocycles. The number of amides is 3. The molecule has 2 aromatic rings. The van der Waals surface area contributed by atoms with Gasteiger partial charge in [-0.05, 0) is 19.1 Å². The van der Waals surface area contributed by atoms with E-state index in [1.807, 2.05) is 0 Å². The topological polar surface area (TPSA) is 67.2 Å². The van der Waals surface area contributed by atoms with Crippen molar-refractivity contribution in [3.8, 4) is 0 Å². The van der Waals surface area contributed by atoms with E-state index in [1.165, 1.54) is 23.9 Å². The Hall–Kier alpha value is -2.77. The number of aromatic nitrogens is 2. The van der Waals surface area contributed by atoms with Crippen molar-refractivity contribution in [1.29, 1.82) is 0 Å². The van der Waals surface area contributed by atoms with E-state index in [0.717, 1.165) is 17.0 Å². The number of aryl methyl sites for hydroxylation is 1. The minimum absolute atomic E-state index is 0.0236. The van der Waals surface area contributed by atoms with Crippen LogP contribution in [-0.2, 0) is 23.9 Å². The molecule has 1 atom stereocenters. The van der Waals surface area contributed by atoms with E-state index in [-0.39, 0.29) is 6.54 Å². The molecule has 1 aliphatic heterocycles. The number of carbonyl (C=O) groups excluding carboxylic acids is 2. The summed E-state index contributed by atoms with van der Waals surface area (Å²) in [5, 5.41) is 6.34. The van der Waals surface area contributed by atoms with Gasteiger partial charge in [0.2, 0.25) is 0 Å². The van der Waals surface area contributed by atoms with Crippen LogP contribution in [0.25, 0.3) is 0 Å². The molecule has 3 rings (SSSR count). The standard InChI is InChI=1S/C15H14F2N4O2/c1-15(12-10(16)4-3-5-11(12)17)13(22)21(14(23)19-15)8-9-6-18-20(2)7-9/h3-7H,8H2,1-2H3,(H,19,23). The summed E-state index contributed by atoms with van der Waals surface area (Å²) in [7, 11) is 1.70. The number of nitrogens with zero attached hydrogens (tertiary/aromatic N) is 3. The van der Waals surface area contributed by atoms with Gasteiger partial charge in [0.05, 0.1) is 18.3 Å². The molecule has 0 saturated carbocycles. The summed E-state index contributed by atoms with van der Waals surface area (Å²) in [5.41, 5.74) is -1.62. The zero-order valence-corrected chi connectivity index (χ0v) is 12.5. The third-order valence-electron chi connectivity index (χ3n) is 3.84. The van der Waals surface area contributed by atoms with Gasteiger partial charge in [-0.25, -0.2) is 13.6 Å². The number of halogens is 2. The van der Waals surface area contributed by atoms with Gasteiger partial charge in [-0.2, -0.15) is 5.10 Å². The third-order valence-corrected chi connectivity index (χ3v) is 3.84.